The average Bonchev–Trinajstić information content (AvgIpc) is 2.38. The fourth-order valence-corrected chi connectivity index (χ4v) is 2.52. The lowest BCUT2D eigenvalue weighted by Crippen LogP contribution is -2.27. The summed E-state index contributed by atoms with van der Waals surface area (Å²) in [5.41, 5.74) is 2.86. The molecule has 1 heterocycles. The summed E-state index contributed by atoms with van der Waals surface area (Å²) in [6.45, 7) is 1.52. The highest BCUT2D eigenvalue weighted by atomic mass is 79.9. The van der Waals surface area contributed by atoms with E-state index in [1.807, 2.05) is 24.3 Å². The minimum atomic E-state index is -0.225. The molecule has 0 aromatic heterocycles. The van der Waals surface area contributed by atoms with Gasteiger partial charge in [0, 0.05) is 16.6 Å². The zero-order chi connectivity index (χ0) is 12.3. The van der Waals surface area contributed by atoms with Crippen LogP contribution >= 0.6 is 15.9 Å². The van der Waals surface area contributed by atoms with Gasteiger partial charge in [0.05, 0.1) is 7.11 Å². The number of benzene rings is 1. The number of rotatable bonds is 2. The van der Waals surface area contributed by atoms with Crippen molar-refractivity contribution in [3.63, 3.8) is 0 Å². The van der Waals surface area contributed by atoms with E-state index in [-0.39, 0.29) is 5.97 Å². The molecule has 0 unspecified atom stereocenters. The van der Waals surface area contributed by atoms with Crippen molar-refractivity contribution in [1.29, 1.82) is 0 Å². The third kappa shape index (κ3) is 2.58. The van der Waals surface area contributed by atoms with Crippen LogP contribution in [0.5, 0.6) is 0 Å². The van der Waals surface area contributed by atoms with Crippen LogP contribution in [0.1, 0.15) is 12.0 Å². The molecule has 3 nitrogen and oxygen atoms in total. The van der Waals surface area contributed by atoms with Crippen LogP contribution in [0.4, 0.5) is 0 Å². The molecule has 0 radical (unpaired) electrons. The maximum Gasteiger partial charge on any atom is 0.334 e. The summed E-state index contributed by atoms with van der Waals surface area (Å²) in [6, 6.07) is 7.92. The second kappa shape index (κ2) is 5.47. The first-order valence-corrected chi connectivity index (χ1v) is 6.29. The number of methoxy groups -OCH3 is 1. The van der Waals surface area contributed by atoms with Gasteiger partial charge in [0.25, 0.3) is 0 Å². The molecule has 1 aliphatic heterocycles. The highest BCUT2D eigenvalue weighted by Crippen LogP contribution is 2.29. The predicted octanol–water partition coefficient (Wildman–Crippen LogP) is 2.37. The van der Waals surface area contributed by atoms with E-state index in [9.17, 15) is 4.79 Å². The fraction of sp³-hybridized carbons (Fsp3) is 0.308. The maximum absolute atomic E-state index is 11.7. The number of carbonyl (C=O) groups is 1. The Hall–Kier alpha value is -1.13. The van der Waals surface area contributed by atoms with Gasteiger partial charge in [-0.1, -0.05) is 34.1 Å². The largest absolute Gasteiger partial charge is 0.466 e. The number of esters is 1. The van der Waals surface area contributed by atoms with Crippen LogP contribution in [0.2, 0.25) is 0 Å². The van der Waals surface area contributed by atoms with Gasteiger partial charge in [-0.2, -0.15) is 0 Å². The van der Waals surface area contributed by atoms with Gasteiger partial charge in [-0.3, -0.25) is 0 Å². The van der Waals surface area contributed by atoms with Crippen molar-refractivity contribution < 1.29 is 9.53 Å². The topological polar surface area (TPSA) is 38.3 Å². The molecular formula is C13H14BrNO2. The Morgan fingerprint density at radius 2 is 2.18 bits per heavy atom. The number of halogens is 1. The van der Waals surface area contributed by atoms with Gasteiger partial charge in [-0.15, -0.1) is 0 Å². The third-order valence-electron chi connectivity index (χ3n) is 2.85. The Kier molecular flexibility index (Phi) is 3.97. The lowest BCUT2D eigenvalue weighted by atomic mass is 9.95. The van der Waals surface area contributed by atoms with Crippen molar-refractivity contribution >= 4 is 27.5 Å². The Labute approximate surface area is 109 Å². The average molecular weight is 296 g/mol. The third-order valence-corrected chi connectivity index (χ3v) is 3.54. The molecule has 0 fully saturated rings. The first kappa shape index (κ1) is 12.3. The molecule has 90 valence electrons. The number of hydrogen-bond acceptors (Lipinski definition) is 3. The fourth-order valence-electron chi connectivity index (χ4n) is 2.00. The predicted molar refractivity (Wildman–Crippen MR) is 70.6 cm³/mol. The smallest absolute Gasteiger partial charge is 0.334 e. The molecule has 0 atom stereocenters. The van der Waals surface area contributed by atoms with Crippen LogP contribution in [0.15, 0.2) is 34.3 Å². The molecule has 0 saturated carbocycles. The quantitative estimate of drug-likeness (QED) is 0.852. The van der Waals surface area contributed by atoms with Crippen molar-refractivity contribution in [3.05, 3.63) is 39.9 Å². The Bertz CT molecular complexity index is 468. The summed E-state index contributed by atoms with van der Waals surface area (Å²) >= 11 is 3.52. The Balaban J connectivity index is 2.49. The molecule has 0 amide bonds. The summed E-state index contributed by atoms with van der Waals surface area (Å²) in [7, 11) is 1.43. The molecule has 0 bridgehead atoms. The van der Waals surface area contributed by atoms with E-state index in [1.165, 1.54) is 7.11 Å². The van der Waals surface area contributed by atoms with E-state index in [2.05, 4.69) is 21.2 Å². The summed E-state index contributed by atoms with van der Waals surface area (Å²) < 4.78 is 5.84. The Morgan fingerprint density at radius 1 is 1.41 bits per heavy atom. The normalized spacial score (nSPS) is 15.9. The van der Waals surface area contributed by atoms with Gasteiger partial charge in [-0.25, -0.2) is 4.79 Å². The SMILES string of the molecule is COC(=O)C1=C(c2ccccc2Br)CNCC1. The first-order valence-electron chi connectivity index (χ1n) is 5.50. The molecule has 4 heteroatoms. The van der Waals surface area contributed by atoms with Crippen LogP contribution in [0.3, 0.4) is 0 Å². The second-order valence-corrected chi connectivity index (χ2v) is 4.71. The first-order chi connectivity index (χ1) is 8.24. The number of carbonyl (C=O) groups excluding carboxylic acids is 1. The molecule has 17 heavy (non-hydrogen) atoms. The molecule has 1 aromatic carbocycles. The zero-order valence-electron chi connectivity index (χ0n) is 9.63. The number of ether oxygens (including phenoxy) is 1. The van der Waals surface area contributed by atoms with Crippen molar-refractivity contribution in [3.8, 4) is 0 Å². The van der Waals surface area contributed by atoms with E-state index in [0.29, 0.717) is 13.0 Å². The molecule has 1 N–H and O–H groups in total. The zero-order valence-corrected chi connectivity index (χ0v) is 11.2. The van der Waals surface area contributed by atoms with Gasteiger partial charge in [0.2, 0.25) is 0 Å². The molecule has 1 aromatic rings. The van der Waals surface area contributed by atoms with Crippen LogP contribution in [0, 0.1) is 0 Å². The van der Waals surface area contributed by atoms with Gasteiger partial charge in [0.1, 0.15) is 0 Å². The van der Waals surface area contributed by atoms with Crippen molar-refractivity contribution in [1.82, 2.24) is 5.32 Å². The minimum Gasteiger partial charge on any atom is -0.466 e. The summed E-state index contributed by atoms with van der Waals surface area (Å²) in [4.78, 5) is 11.7. The van der Waals surface area contributed by atoms with Crippen LogP contribution in [-0.2, 0) is 9.53 Å². The van der Waals surface area contributed by atoms with E-state index in [0.717, 1.165) is 27.7 Å². The highest BCUT2D eigenvalue weighted by Gasteiger charge is 2.21. The highest BCUT2D eigenvalue weighted by molar-refractivity contribution is 9.10. The number of nitrogens with one attached hydrogen (secondary N) is 1. The van der Waals surface area contributed by atoms with E-state index in [1.54, 1.807) is 0 Å². The van der Waals surface area contributed by atoms with E-state index < -0.39 is 0 Å². The Morgan fingerprint density at radius 3 is 2.88 bits per heavy atom. The van der Waals surface area contributed by atoms with Crippen molar-refractivity contribution in [2.75, 3.05) is 20.2 Å². The van der Waals surface area contributed by atoms with Gasteiger partial charge in [0.15, 0.2) is 0 Å². The molecule has 2 rings (SSSR count). The summed E-state index contributed by atoms with van der Waals surface area (Å²) in [5.74, 6) is -0.225. The van der Waals surface area contributed by atoms with Gasteiger partial charge < -0.3 is 10.1 Å². The summed E-state index contributed by atoms with van der Waals surface area (Å²) in [5, 5.41) is 3.28. The van der Waals surface area contributed by atoms with E-state index in [4.69, 9.17) is 4.74 Å². The van der Waals surface area contributed by atoms with Gasteiger partial charge >= 0.3 is 5.97 Å². The molecular weight excluding hydrogens is 282 g/mol. The lowest BCUT2D eigenvalue weighted by Gasteiger charge is -2.21. The molecule has 0 spiro atoms. The van der Waals surface area contributed by atoms with E-state index >= 15 is 0 Å². The number of hydrogen-bond donors (Lipinski definition) is 1. The standard InChI is InChI=1S/C13H14BrNO2/c1-17-13(16)10-6-7-15-8-11(10)9-4-2-3-5-12(9)14/h2-5,15H,6-8H2,1H3. The monoisotopic (exact) mass is 295 g/mol. The van der Waals surface area contributed by atoms with Crippen LogP contribution in [-0.4, -0.2) is 26.2 Å². The van der Waals surface area contributed by atoms with Crippen LogP contribution < -0.4 is 5.32 Å². The van der Waals surface area contributed by atoms with Crippen LogP contribution in [0.25, 0.3) is 5.57 Å². The minimum absolute atomic E-state index is 0.225. The maximum atomic E-state index is 11.7. The van der Waals surface area contributed by atoms with Crippen molar-refractivity contribution in [2.45, 2.75) is 6.42 Å². The van der Waals surface area contributed by atoms with Crippen molar-refractivity contribution in [2.24, 2.45) is 0 Å². The molecule has 1 aliphatic rings. The molecule has 0 aliphatic carbocycles. The lowest BCUT2D eigenvalue weighted by molar-refractivity contribution is -0.136. The van der Waals surface area contributed by atoms with Gasteiger partial charge in [-0.05, 0) is 30.2 Å². The second-order valence-electron chi connectivity index (χ2n) is 3.86. The molecule has 0 saturated heterocycles. The summed E-state index contributed by atoms with van der Waals surface area (Å²) in [6.07, 6.45) is 0.712.